The van der Waals surface area contributed by atoms with E-state index in [1.54, 1.807) is 0 Å². The van der Waals surface area contributed by atoms with E-state index in [1.165, 1.54) is 6.33 Å². The van der Waals surface area contributed by atoms with Gasteiger partial charge in [-0.3, -0.25) is 4.79 Å². The van der Waals surface area contributed by atoms with Gasteiger partial charge in [-0.25, -0.2) is 4.98 Å². The molecule has 6 nitrogen and oxygen atoms in total. The zero-order chi connectivity index (χ0) is 9.26. The van der Waals surface area contributed by atoms with Crippen LogP contribution in [0.3, 0.4) is 0 Å². The first-order chi connectivity index (χ1) is 6.31. The van der Waals surface area contributed by atoms with E-state index in [-0.39, 0.29) is 17.6 Å². The number of hydrogen-bond donors (Lipinski definition) is 1. The highest BCUT2D eigenvalue weighted by Crippen LogP contribution is 2.18. The van der Waals surface area contributed by atoms with Crippen LogP contribution in [-0.4, -0.2) is 26.4 Å². The highest BCUT2D eigenvalue weighted by molar-refractivity contribution is 6.33. The Bertz CT molecular complexity index is 455. The number of H-pyrrole nitrogens is 1. The molecule has 0 aliphatic rings. The molecule has 0 spiro atoms. The van der Waals surface area contributed by atoms with Crippen LogP contribution in [0.2, 0.25) is 5.15 Å². The summed E-state index contributed by atoms with van der Waals surface area (Å²) < 4.78 is 4.42. The van der Waals surface area contributed by atoms with Crippen LogP contribution in [0.25, 0.3) is 11.2 Å². The molecule has 0 saturated heterocycles. The van der Waals surface area contributed by atoms with E-state index < -0.39 is 0 Å². The first-order valence-electron chi connectivity index (χ1n) is 3.28. The Morgan fingerprint density at radius 3 is 3.15 bits per heavy atom. The summed E-state index contributed by atoms with van der Waals surface area (Å²) in [6.45, 7) is 0.226. The van der Waals surface area contributed by atoms with Gasteiger partial charge in [0, 0.05) is 0 Å². The zero-order valence-corrected chi connectivity index (χ0v) is 6.95. The molecule has 0 saturated carbocycles. The van der Waals surface area contributed by atoms with Crippen molar-refractivity contribution in [1.82, 2.24) is 19.9 Å². The molecule has 2 rings (SSSR count). The van der Waals surface area contributed by atoms with Crippen molar-refractivity contribution in [2.24, 2.45) is 0 Å². The molecule has 0 radical (unpaired) electrons. The van der Waals surface area contributed by atoms with Crippen LogP contribution < -0.4 is 4.74 Å². The molecule has 0 aliphatic heterocycles. The van der Waals surface area contributed by atoms with Gasteiger partial charge in [-0.05, 0) is 0 Å². The Hall–Kier alpha value is -1.69. The number of imidazole rings is 1. The van der Waals surface area contributed by atoms with Crippen LogP contribution in [0.4, 0.5) is 0 Å². The average molecular weight is 199 g/mol. The summed E-state index contributed by atoms with van der Waals surface area (Å²) in [6, 6.07) is -0.111. The van der Waals surface area contributed by atoms with Crippen LogP contribution in [0.1, 0.15) is 0 Å². The summed E-state index contributed by atoms with van der Waals surface area (Å²) in [4.78, 5) is 24.1. The normalized spacial score (nSPS) is 10.2. The number of carbonyl (C=O) groups is 1. The minimum absolute atomic E-state index is 0.111. The summed E-state index contributed by atoms with van der Waals surface area (Å²) in [7, 11) is 0. The minimum Gasteiger partial charge on any atom is -0.393 e. The molecule has 0 fully saturated rings. The van der Waals surface area contributed by atoms with Gasteiger partial charge in [0.05, 0.1) is 6.33 Å². The molecule has 66 valence electrons. The lowest BCUT2D eigenvalue weighted by Gasteiger charge is -1.95. The molecular formula is C6H3ClN4O2. The van der Waals surface area contributed by atoms with Crippen molar-refractivity contribution in [2.75, 3.05) is 0 Å². The monoisotopic (exact) mass is 198 g/mol. The second-order valence-corrected chi connectivity index (χ2v) is 2.47. The summed E-state index contributed by atoms with van der Waals surface area (Å²) in [6.07, 6.45) is 1.43. The first kappa shape index (κ1) is 7.93. The summed E-state index contributed by atoms with van der Waals surface area (Å²) >= 11 is 5.72. The maximum Gasteiger partial charge on any atom is 0.327 e. The van der Waals surface area contributed by atoms with Gasteiger partial charge in [0.25, 0.3) is 0 Å². The number of hydrogen-bond acceptors (Lipinski definition) is 5. The number of fused-ring (bicyclic) bond motifs is 1. The second kappa shape index (κ2) is 2.98. The smallest absolute Gasteiger partial charge is 0.327 e. The number of ether oxygens (including phenoxy) is 1. The van der Waals surface area contributed by atoms with Gasteiger partial charge >= 0.3 is 12.5 Å². The Morgan fingerprint density at radius 1 is 1.54 bits per heavy atom. The third kappa shape index (κ3) is 1.31. The van der Waals surface area contributed by atoms with Crippen molar-refractivity contribution in [3.8, 4) is 6.01 Å². The van der Waals surface area contributed by atoms with E-state index in [4.69, 9.17) is 11.6 Å². The van der Waals surface area contributed by atoms with Crippen molar-refractivity contribution in [2.45, 2.75) is 0 Å². The highest BCUT2D eigenvalue weighted by atomic mass is 35.5. The van der Waals surface area contributed by atoms with E-state index in [0.29, 0.717) is 11.2 Å². The van der Waals surface area contributed by atoms with Crippen molar-refractivity contribution < 1.29 is 9.53 Å². The summed E-state index contributed by atoms with van der Waals surface area (Å²) in [5.41, 5.74) is 0.872. The van der Waals surface area contributed by atoms with E-state index in [2.05, 4.69) is 24.7 Å². The number of halogens is 1. The fraction of sp³-hybridized carbons (Fsp3) is 0. The average Bonchev–Trinajstić information content (AvgIpc) is 2.53. The molecule has 7 heteroatoms. The third-order valence-corrected chi connectivity index (χ3v) is 1.65. The topological polar surface area (TPSA) is 80.8 Å². The number of aromatic amines is 1. The molecule has 0 bridgehead atoms. The molecule has 2 aromatic rings. The number of nitrogens with zero attached hydrogens (tertiary/aromatic N) is 3. The van der Waals surface area contributed by atoms with Crippen molar-refractivity contribution >= 4 is 29.2 Å². The zero-order valence-electron chi connectivity index (χ0n) is 6.19. The van der Waals surface area contributed by atoms with Crippen molar-refractivity contribution in [3.05, 3.63) is 11.5 Å². The first-order valence-corrected chi connectivity index (χ1v) is 3.66. The maximum atomic E-state index is 9.99. The fourth-order valence-electron chi connectivity index (χ4n) is 0.875. The van der Waals surface area contributed by atoms with Crippen LogP contribution >= 0.6 is 11.6 Å². The molecule has 1 N–H and O–H groups in total. The van der Waals surface area contributed by atoms with Crippen LogP contribution in [0, 0.1) is 0 Å². The predicted molar refractivity (Wildman–Crippen MR) is 43.4 cm³/mol. The number of aromatic nitrogens is 4. The van der Waals surface area contributed by atoms with E-state index in [9.17, 15) is 4.79 Å². The number of rotatable bonds is 2. The Morgan fingerprint density at radius 2 is 2.38 bits per heavy atom. The van der Waals surface area contributed by atoms with Crippen LogP contribution in [0.5, 0.6) is 6.01 Å². The summed E-state index contributed by atoms with van der Waals surface area (Å²) in [5, 5.41) is 0.166. The molecule has 2 aromatic heterocycles. The van der Waals surface area contributed by atoms with Gasteiger partial charge < -0.3 is 9.72 Å². The predicted octanol–water partition coefficient (Wildman–Crippen LogP) is 0.541. The highest BCUT2D eigenvalue weighted by Gasteiger charge is 2.07. The number of nitrogens with one attached hydrogen (secondary N) is 1. The lowest BCUT2D eigenvalue weighted by Crippen LogP contribution is -1.96. The van der Waals surface area contributed by atoms with Gasteiger partial charge in [0.2, 0.25) is 0 Å². The van der Waals surface area contributed by atoms with Crippen LogP contribution in [0.15, 0.2) is 6.33 Å². The largest absolute Gasteiger partial charge is 0.393 e. The Kier molecular flexibility index (Phi) is 1.82. The number of carbonyl (C=O) groups excluding carboxylic acids is 1. The SMILES string of the molecule is O=COc1nc(Cl)c2[nH]cnc2n1. The van der Waals surface area contributed by atoms with Gasteiger partial charge in [-0.2, -0.15) is 9.97 Å². The molecule has 0 atom stereocenters. The van der Waals surface area contributed by atoms with Gasteiger partial charge in [0.1, 0.15) is 5.52 Å². The van der Waals surface area contributed by atoms with E-state index >= 15 is 0 Å². The molecule has 13 heavy (non-hydrogen) atoms. The quantitative estimate of drug-likeness (QED) is 0.563. The molecule has 0 aromatic carbocycles. The standard InChI is InChI=1S/C6H3ClN4O2/c7-4-3-5(9-1-8-3)11-6(10-4)13-2-12/h1-2H,(H,8,9,10,11). The lowest BCUT2D eigenvalue weighted by atomic mass is 10.6. The Labute approximate surface area is 76.9 Å². The maximum absolute atomic E-state index is 9.99. The van der Waals surface area contributed by atoms with Crippen molar-refractivity contribution in [1.29, 1.82) is 0 Å². The minimum atomic E-state index is -0.111. The van der Waals surface area contributed by atoms with Crippen LogP contribution in [-0.2, 0) is 4.79 Å². The molecular weight excluding hydrogens is 196 g/mol. The Balaban J connectivity index is 2.62. The fourth-order valence-corrected chi connectivity index (χ4v) is 1.09. The van der Waals surface area contributed by atoms with Gasteiger partial charge in [-0.1, -0.05) is 11.6 Å². The van der Waals surface area contributed by atoms with E-state index in [1.807, 2.05) is 0 Å². The molecule has 0 unspecified atom stereocenters. The lowest BCUT2D eigenvalue weighted by molar-refractivity contribution is -0.121. The molecule has 0 amide bonds. The van der Waals surface area contributed by atoms with Gasteiger partial charge in [0.15, 0.2) is 10.8 Å². The molecule has 2 heterocycles. The van der Waals surface area contributed by atoms with E-state index in [0.717, 1.165) is 0 Å². The van der Waals surface area contributed by atoms with Crippen molar-refractivity contribution in [3.63, 3.8) is 0 Å². The third-order valence-electron chi connectivity index (χ3n) is 1.37. The van der Waals surface area contributed by atoms with Gasteiger partial charge in [-0.15, -0.1) is 0 Å². The molecule has 0 aliphatic carbocycles. The summed E-state index contributed by atoms with van der Waals surface area (Å²) in [5.74, 6) is 0. The second-order valence-electron chi connectivity index (χ2n) is 2.11.